The fraction of sp³-hybridized carbons (Fsp3) is 1.00. The van der Waals surface area contributed by atoms with Crippen molar-refractivity contribution in [1.82, 2.24) is 0 Å². The fourth-order valence-corrected chi connectivity index (χ4v) is 2.03. The average Bonchev–Trinajstić information content (AvgIpc) is 2.39. The van der Waals surface area contributed by atoms with E-state index in [1.807, 2.05) is 0 Å². The van der Waals surface area contributed by atoms with Gasteiger partial charge in [0.1, 0.15) is 6.71 Å². The van der Waals surface area contributed by atoms with Crippen molar-refractivity contribution in [2.24, 2.45) is 11.5 Å². The van der Waals surface area contributed by atoms with Crippen LogP contribution in [-0.4, -0.2) is 19.8 Å². The van der Waals surface area contributed by atoms with Gasteiger partial charge in [-0.15, -0.1) is 0 Å². The molecule has 0 rings (SSSR count). The van der Waals surface area contributed by atoms with E-state index < -0.39 is 0 Å². The minimum absolute atomic E-state index is 0.719. The maximum absolute atomic E-state index is 5.06. The Morgan fingerprint density at radius 3 is 1.11 bits per heavy atom. The van der Waals surface area contributed by atoms with Crippen LogP contribution in [0.25, 0.3) is 0 Å². The lowest BCUT2D eigenvalue weighted by atomic mass is 9.41. The molecule has 0 radical (unpaired) electrons. The van der Waals surface area contributed by atoms with Gasteiger partial charge in [-0.3, -0.25) is 0 Å². The van der Waals surface area contributed by atoms with Crippen LogP contribution in [0.1, 0.15) is 65.7 Å². The van der Waals surface area contributed by atoms with Crippen LogP contribution in [-0.2, 0) is 0 Å². The Morgan fingerprint density at radius 2 is 0.944 bits per heavy atom. The van der Waals surface area contributed by atoms with Crippen molar-refractivity contribution in [3.05, 3.63) is 0 Å². The monoisotopic (exact) mass is 256 g/mol. The van der Waals surface area contributed by atoms with E-state index in [4.69, 9.17) is 11.5 Å². The molecule has 0 aromatic rings. The van der Waals surface area contributed by atoms with E-state index >= 15 is 0 Å². The van der Waals surface area contributed by atoms with Crippen molar-refractivity contribution in [3.8, 4) is 0 Å². The third-order valence-electron chi connectivity index (χ3n) is 3.31. The second-order valence-electron chi connectivity index (χ2n) is 5.22. The van der Waals surface area contributed by atoms with Crippen LogP contribution in [0.3, 0.4) is 0 Å². The molecular formula is C15H37BN2. The molecule has 0 aromatic heterocycles. The summed E-state index contributed by atoms with van der Waals surface area (Å²) in [4.78, 5) is 0. The minimum atomic E-state index is 0.719. The van der Waals surface area contributed by atoms with E-state index in [1.54, 1.807) is 0 Å². The standard InChI is InChI=1S/C12H27B.C3H10N2/c1-4-7-10-13(11-8-5-2)12-9-6-3;4-2-1-3-5/h4-12H2,1-3H3;1-5H2. The fourth-order valence-electron chi connectivity index (χ4n) is 2.03. The first-order chi connectivity index (χ1) is 8.76. The van der Waals surface area contributed by atoms with Crippen molar-refractivity contribution in [2.45, 2.75) is 84.7 Å². The van der Waals surface area contributed by atoms with E-state index in [-0.39, 0.29) is 0 Å². The number of nitrogens with two attached hydrogens (primary N) is 2. The maximum Gasteiger partial charge on any atom is 0.139 e. The normalized spacial score (nSPS) is 9.83. The van der Waals surface area contributed by atoms with Gasteiger partial charge in [0.25, 0.3) is 0 Å². The van der Waals surface area contributed by atoms with Crippen LogP contribution in [0, 0.1) is 0 Å². The summed E-state index contributed by atoms with van der Waals surface area (Å²) >= 11 is 0. The van der Waals surface area contributed by atoms with E-state index in [0.717, 1.165) is 26.2 Å². The number of hydrogen-bond donors (Lipinski definition) is 2. The highest BCUT2D eigenvalue weighted by Gasteiger charge is 2.10. The summed E-state index contributed by atoms with van der Waals surface area (Å²) in [6.07, 6.45) is 13.8. The molecule has 2 nitrogen and oxygen atoms in total. The largest absolute Gasteiger partial charge is 0.330 e. The quantitative estimate of drug-likeness (QED) is 0.545. The lowest BCUT2D eigenvalue weighted by molar-refractivity contribution is 0.812. The predicted octanol–water partition coefficient (Wildman–Crippen LogP) is 4.18. The van der Waals surface area contributed by atoms with Gasteiger partial charge >= 0.3 is 0 Å². The van der Waals surface area contributed by atoms with Crippen molar-refractivity contribution in [1.29, 1.82) is 0 Å². The molecule has 0 fully saturated rings. The van der Waals surface area contributed by atoms with Gasteiger partial charge in [0.05, 0.1) is 0 Å². The Kier molecular flexibility index (Phi) is 21.8. The first-order valence-corrected chi connectivity index (χ1v) is 8.16. The molecule has 18 heavy (non-hydrogen) atoms. The SMILES string of the molecule is CCCCB(CCCC)CCCC.NCCCN. The van der Waals surface area contributed by atoms with Gasteiger partial charge in [0.2, 0.25) is 0 Å². The molecule has 0 aliphatic carbocycles. The summed E-state index contributed by atoms with van der Waals surface area (Å²) in [6.45, 7) is 9.39. The number of unbranched alkanes of at least 4 members (excludes halogenated alkanes) is 3. The molecule has 0 aliphatic heterocycles. The summed E-state index contributed by atoms with van der Waals surface area (Å²) in [7, 11) is 0. The van der Waals surface area contributed by atoms with Crippen LogP contribution >= 0.6 is 0 Å². The third kappa shape index (κ3) is 18.4. The molecule has 4 N–H and O–H groups in total. The Morgan fingerprint density at radius 1 is 0.611 bits per heavy atom. The molecule has 0 amide bonds. The van der Waals surface area contributed by atoms with Gasteiger partial charge in [-0.2, -0.15) is 0 Å². The molecule has 110 valence electrons. The van der Waals surface area contributed by atoms with Crippen LogP contribution < -0.4 is 11.5 Å². The van der Waals surface area contributed by atoms with Gasteiger partial charge in [0, 0.05) is 0 Å². The van der Waals surface area contributed by atoms with Gasteiger partial charge < -0.3 is 11.5 Å². The average molecular weight is 256 g/mol. The van der Waals surface area contributed by atoms with Gasteiger partial charge in [-0.05, 0) is 19.5 Å². The van der Waals surface area contributed by atoms with Crippen LogP contribution in [0.4, 0.5) is 0 Å². The first-order valence-electron chi connectivity index (χ1n) is 8.16. The van der Waals surface area contributed by atoms with Gasteiger partial charge in [-0.25, -0.2) is 0 Å². The molecular weight excluding hydrogens is 219 g/mol. The maximum atomic E-state index is 5.06. The lowest BCUT2D eigenvalue weighted by Gasteiger charge is -2.11. The summed E-state index contributed by atoms with van der Waals surface area (Å²) in [5.41, 5.74) is 10.1. The molecule has 0 aromatic carbocycles. The van der Waals surface area contributed by atoms with E-state index in [0.29, 0.717) is 0 Å². The summed E-state index contributed by atoms with van der Waals surface area (Å²) in [5.74, 6) is 0. The van der Waals surface area contributed by atoms with Crippen molar-refractivity contribution < 1.29 is 0 Å². The molecule has 0 bridgehead atoms. The number of hydrogen-bond acceptors (Lipinski definition) is 2. The highest BCUT2D eigenvalue weighted by Crippen LogP contribution is 2.16. The number of rotatable bonds is 11. The molecule has 0 heterocycles. The van der Waals surface area contributed by atoms with Crippen molar-refractivity contribution in [3.63, 3.8) is 0 Å². The van der Waals surface area contributed by atoms with E-state index in [2.05, 4.69) is 20.8 Å². The summed E-state index contributed by atoms with van der Waals surface area (Å²) < 4.78 is 0. The molecule has 0 saturated carbocycles. The molecule has 3 heteroatoms. The second-order valence-corrected chi connectivity index (χ2v) is 5.22. The first kappa shape index (κ1) is 20.3. The Hall–Kier alpha value is -0.0151. The second kappa shape index (κ2) is 19.3. The molecule has 0 unspecified atom stereocenters. The predicted molar refractivity (Wildman–Crippen MR) is 87.6 cm³/mol. The Bertz CT molecular complexity index is 111. The van der Waals surface area contributed by atoms with Crippen LogP contribution in [0.5, 0.6) is 0 Å². The van der Waals surface area contributed by atoms with Gasteiger partial charge in [-0.1, -0.05) is 78.3 Å². The van der Waals surface area contributed by atoms with Crippen molar-refractivity contribution in [2.75, 3.05) is 13.1 Å². The zero-order valence-corrected chi connectivity index (χ0v) is 13.2. The molecule has 0 spiro atoms. The van der Waals surface area contributed by atoms with Gasteiger partial charge in [0.15, 0.2) is 0 Å². The smallest absolute Gasteiger partial charge is 0.139 e. The zero-order valence-electron chi connectivity index (χ0n) is 13.2. The molecule has 0 saturated heterocycles. The Balaban J connectivity index is 0. The van der Waals surface area contributed by atoms with Crippen LogP contribution in [0.15, 0.2) is 0 Å². The molecule has 0 atom stereocenters. The summed E-state index contributed by atoms with van der Waals surface area (Å²) in [6, 6.07) is 0. The summed E-state index contributed by atoms with van der Waals surface area (Å²) in [5, 5.41) is 0. The van der Waals surface area contributed by atoms with E-state index in [9.17, 15) is 0 Å². The minimum Gasteiger partial charge on any atom is -0.330 e. The lowest BCUT2D eigenvalue weighted by Crippen LogP contribution is -2.11. The highest BCUT2D eigenvalue weighted by molar-refractivity contribution is 6.58. The van der Waals surface area contributed by atoms with Crippen molar-refractivity contribution >= 4 is 6.71 Å². The Labute approximate surface area is 116 Å². The highest BCUT2D eigenvalue weighted by atomic mass is 14.6. The molecule has 0 aliphatic rings. The topological polar surface area (TPSA) is 52.0 Å². The van der Waals surface area contributed by atoms with Crippen LogP contribution in [0.2, 0.25) is 19.0 Å². The zero-order chi connectivity index (χ0) is 14.1. The third-order valence-corrected chi connectivity index (χ3v) is 3.31. The van der Waals surface area contributed by atoms with E-state index in [1.165, 1.54) is 57.5 Å².